The van der Waals surface area contributed by atoms with Gasteiger partial charge in [-0.05, 0) is 11.1 Å². The Balaban J connectivity index is 1.94. The van der Waals surface area contributed by atoms with Crippen LogP contribution in [0.3, 0.4) is 0 Å². The third-order valence-electron chi connectivity index (χ3n) is 7.13. The highest BCUT2D eigenvalue weighted by Crippen LogP contribution is 2.71. The molecule has 1 aliphatic heterocycles. The van der Waals surface area contributed by atoms with Crippen LogP contribution in [0.5, 0.6) is 0 Å². The maximum Gasteiger partial charge on any atom is 0.247 e. The van der Waals surface area contributed by atoms with Crippen molar-refractivity contribution in [3.05, 3.63) is 132 Å². The van der Waals surface area contributed by atoms with E-state index in [1.54, 1.807) is 5.47 Å². The van der Waals surface area contributed by atoms with Crippen molar-refractivity contribution in [1.82, 2.24) is 0 Å². The zero-order chi connectivity index (χ0) is 21.3. The summed E-state index contributed by atoms with van der Waals surface area (Å²) in [6.45, 7) is 5.15. The van der Waals surface area contributed by atoms with E-state index in [0.717, 1.165) is 6.16 Å². The lowest BCUT2D eigenvalue weighted by Gasteiger charge is -2.45. The van der Waals surface area contributed by atoms with E-state index in [1.807, 2.05) is 0 Å². The summed E-state index contributed by atoms with van der Waals surface area (Å²) in [4.78, 5) is 0. The molecule has 0 saturated heterocycles. The summed E-state index contributed by atoms with van der Waals surface area (Å²) in [6.07, 6.45) is 1.16. The van der Waals surface area contributed by atoms with Gasteiger partial charge in [-0.2, -0.15) is 10.9 Å². The third kappa shape index (κ3) is 3.20. The maximum atomic E-state index is 2.58. The first-order valence-corrected chi connectivity index (χ1v) is 14.0. The van der Waals surface area contributed by atoms with Gasteiger partial charge in [0.15, 0.2) is 0 Å². The van der Waals surface area contributed by atoms with E-state index in [-0.39, 0.29) is 0 Å². The normalized spacial score (nSPS) is 17.0. The number of hydrogen-bond donors (Lipinski definition) is 0. The largest absolute Gasteiger partial charge is 0.247 e. The van der Waals surface area contributed by atoms with Crippen LogP contribution in [0.15, 0.2) is 121 Å². The smallest absolute Gasteiger partial charge is 0.158 e. The molecule has 0 nitrogen and oxygen atoms in total. The van der Waals surface area contributed by atoms with Crippen molar-refractivity contribution in [2.75, 3.05) is 19.5 Å². The van der Waals surface area contributed by atoms with Gasteiger partial charge in [-0.3, -0.25) is 0 Å². The second-order valence-electron chi connectivity index (χ2n) is 9.20. The van der Waals surface area contributed by atoms with Crippen molar-refractivity contribution in [2.24, 2.45) is 0 Å². The van der Waals surface area contributed by atoms with Crippen LogP contribution in [0.25, 0.3) is 11.0 Å². The first kappa shape index (κ1) is 20.0. The minimum Gasteiger partial charge on any atom is -0.158 e. The minimum atomic E-state index is -1.43. The maximum absolute atomic E-state index is 2.58. The van der Waals surface area contributed by atoms with Gasteiger partial charge >= 0.3 is 0 Å². The Morgan fingerprint density at radius 2 is 0.903 bits per heavy atom. The molecule has 0 aliphatic carbocycles. The van der Waals surface area contributed by atoms with Crippen LogP contribution in [0.1, 0.15) is 11.1 Å². The van der Waals surface area contributed by atoms with Gasteiger partial charge in [0.1, 0.15) is 0 Å². The molecule has 0 radical (unpaired) electrons. The van der Waals surface area contributed by atoms with Gasteiger partial charge in [0, 0.05) is 19.5 Å². The summed E-state index contributed by atoms with van der Waals surface area (Å²) >= 11 is 0. The monoisotopic (exact) mass is 418 g/mol. The molecular weight excluding hydrogens is 390 g/mol. The van der Waals surface area contributed by atoms with E-state index in [1.165, 1.54) is 27.6 Å². The Morgan fingerprint density at radius 1 is 0.516 bits per heavy atom. The summed E-state index contributed by atoms with van der Waals surface area (Å²) in [5.74, 6) is -1.08. The van der Waals surface area contributed by atoms with Crippen molar-refractivity contribution in [1.29, 1.82) is 0 Å². The summed E-state index contributed by atoms with van der Waals surface area (Å²) in [5, 5.41) is 0. The second kappa shape index (κ2) is 7.99. The molecule has 4 aromatic carbocycles. The SMILES string of the molecule is C[P+]1(C)CC(c2ccccc2)=C(c2ccccc2)[B-]1(c1ccccc1)c1ccccc1. The predicted molar refractivity (Wildman–Crippen MR) is 141 cm³/mol. The summed E-state index contributed by atoms with van der Waals surface area (Å²) in [5.41, 5.74) is 8.73. The van der Waals surface area contributed by atoms with Gasteiger partial charge in [-0.1, -0.05) is 127 Å². The molecular formula is C29H28BP. The van der Waals surface area contributed by atoms with E-state index in [0.29, 0.717) is 0 Å². The Labute approximate surface area is 186 Å². The lowest BCUT2D eigenvalue weighted by atomic mass is 9.32. The Morgan fingerprint density at radius 3 is 1.35 bits per heavy atom. The van der Waals surface area contributed by atoms with Gasteiger partial charge < -0.3 is 0 Å². The molecule has 0 N–H and O–H groups in total. The van der Waals surface area contributed by atoms with Crippen molar-refractivity contribution in [3.8, 4) is 0 Å². The Hall–Kier alpha value is -2.89. The van der Waals surface area contributed by atoms with Crippen LogP contribution < -0.4 is 10.9 Å². The predicted octanol–water partition coefficient (Wildman–Crippen LogP) is 6.19. The molecule has 2 heteroatoms. The number of rotatable bonds is 4. The average molecular weight is 418 g/mol. The average Bonchev–Trinajstić information content (AvgIpc) is 3.09. The lowest BCUT2D eigenvalue weighted by Crippen LogP contribution is -2.59. The van der Waals surface area contributed by atoms with Gasteiger partial charge in [-0.15, -0.1) is 12.6 Å². The fourth-order valence-electron chi connectivity index (χ4n) is 5.95. The first-order chi connectivity index (χ1) is 15.1. The highest BCUT2D eigenvalue weighted by molar-refractivity contribution is 8.14. The fourth-order valence-corrected chi connectivity index (χ4v) is 10.4. The van der Waals surface area contributed by atoms with E-state index >= 15 is 0 Å². The number of benzene rings is 4. The van der Waals surface area contributed by atoms with Crippen molar-refractivity contribution in [2.45, 2.75) is 0 Å². The van der Waals surface area contributed by atoms with E-state index in [4.69, 9.17) is 0 Å². The highest BCUT2D eigenvalue weighted by atomic mass is 31.2. The second-order valence-corrected chi connectivity index (χ2v) is 13.9. The first-order valence-electron chi connectivity index (χ1n) is 11.1. The van der Waals surface area contributed by atoms with Crippen LogP contribution in [0.4, 0.5) is 0 Å². The fraction of sp³-hybridized carbons (Fsp3) is 0.103. The molecule has 0 bridgehead atoms. The lowest BCUT2D eigenvalue weighted by molar-refractivity contribution is 1.57. The summed E-state index contributed by atoms with van der Waals surface area (Å²) in [7, 11) is -1.43. The van der Waals surface area contributed by atoms with Gasteiger partial charge in [0.05, 0.1) is 0 Å². The summed E-state index contributed by atoms with van der Waals surface area (Å²) in [6, 6.07) is 44.8. The van der Waals surface area contributed by atoms with Crippen molar-refractivity contribution in [3.63, 3.8) is 0 Å². The van der Waals surface area contributed by atoms with Crippen molar-refractivity contribution < 1.29 is 0 Å². The number of allylic oxidation sites excluding steroid dienone is 1. The molecule has 0 unspecified atom stereocenters. The molecule has 4 aromatic rings. The van der Waals surface area contributed by atoms with Crippen LogP contribution in [0.2, 0.25) is 0 Å². The van der Waals surface area contributed by atoms with E-state index in [2.05, 4.69) is 135 Å². The molecule has 31 heavy (non-hydrogen) atoms. The van der Waals surface area contributed by atoms with Crippen LogP contribution in [0, 0.1) is 0 Å². The van der Waals surface area contributed by atoms with E-state index in [9.17, 15) is 0 Å². The zero-order valence-electron chi connectivity index (χ0n) is 18.3. The Kier molecular flexibility index (Phi) is 5.16. The topological polar surface area (TPSA) is 0 Å². The molecule has 0 saturated carbocycles. The van der Waals surface area contributed by atoms with Gasteiger partial charge in [0.25, 0.3) is 0 Å². The molecule has 0 aromatic heterocycles. The highest BCUT2D eigenvalue weighted by Gasteiger charge is 2.56. The molecule has 5 rings (SSSR count). The van der Waals surface area contributed by atoms with Gasteiger partial charge in [-0.25, -0.2) is 0 Å². The standard InChI is InChI=1S/C29H28BP/c1-31(2)23-28(24-15-7-3-8-16-24)29(25-17-9-4-10-18-25)30(31,26-19-11-5-12-20-26)27-21-13-6-14-22-27/h3-22H,23H2,1-2H3. The number of hydrogen-bond acceptors (Lipinski definition) is 0. The molecule has 0 amide bonds. The van der Waals surface area contributed by atoms with Crippen LogP contribution in [-0.4, -0.2) is 25.4 Å². The van der Waals surface area contributed by atoms with Crippen LogP contribution >= 0.6 is 7.14 Å². The molecule has 1 aliphatic rings. The van der Waals surface area contributed by atoms with Crippen LogP contribution in [-0.2, 0) is 0 Å². The summed E-state index contributed by atoms with van der Waals surface area (Å²) < 4.78 is 0. The Bertz CT molecular complexity index is 1160. The van der Waals surface area contributed by atoms with Crippen molar-refractivity contribution >= 4 is 35.0 Å². The van der Waals surface area contributed by atoms with E-state index < -0.39 is 13.0 Å². The molecule has 0 atom stereocenters. The minimum absolute atomic E-state index is 1.08. The third-order valence-corrected chi connectivity index (χ3v) is 11.2. The van der Waals surface area contributed by atoms with Gasteiger partial charge in [0.2, 0.25) is 5.87 Å². The molecule has 0 fully saturated rings. The molecule has 0 spiro atoms. The molecule has 1 heterocycles. The molecule has 152 valence electrons. The quantitative estimate of drug-likeness (QED) is 0.274. The zero-order valence-corrected chi connectivity index (χ0v) is 19.2.